The number of hydrogen-bond donors (Lipinski definition) is 2. The van der Waals surface area contributed by atoms with Crippen molar-refractivity contribution in [1.29, 1.82) is 0 Å². The molecule has 0 aliphatic carbocycles. The van der Waals surface area contributed by atoms with E-state index in [0.717, 1.165) is 12.0 Å². The van der Waals surface area contributed by atoms with E-state index >= 15 is 0 Å². The first kappa shape index (κ1) is 19.0. The molecule has 1 aliphatic heterocycles. The molecule has 0 radical (unpaired) electrons. The first-order valence-corrected chi connectivity index (χ1v) is 9.14. The van der Waals surface area contributed by atoms with Crippen LogP contribution >= 0.6 is 11.6 Å². The maximum atomic E-state index is 12.8. The predicted molar refractivity (Wildman–Crippen MR) is 107 cm³/mol. The average Bonchev–Trinajstić information content (AvgIpc) is 3.14. The molecule has 1 atom stereocenters. The molecular formula is C20H22ClN3O3. The Balaban J connectivity index is 1.70. The number of ether oxygens (including phenoxy) is 1. The molecule has 7 heteroatoms. The minimum atomic E-state index is -0.542. The summed E-state index contributed by atoms with van der Waals surface area (Å²) >= 11 is 6.02. The molecule has 1 unspecified atom stereocenters. The van der Waals surface area contributed by atoms with Crippen LogP contribution in [0, 0.1) is 6.92 Å². The SMILES string of the molecule is COc1ccc(Cl)cc1NC(=O)C1CCCN1C(=O)Nc1ccc(C)cc1. The monoisotopic (exact) mass is 387 g/mol. The lowest BCUT2D eigenvalue weighted by molar-refractivity contribution is -0.119. The van der Waals surface area contributed by atoms with E-state index < -0.39 is 6.04 Å². The number of aryl methyl sites for hydroxylation is 1. The third-order valence-electron chi connectivity index (χ3n) is 4.54. The van der Waals surface area contributed by atoms with Gasteiger partial charge >= 0.3 is 6.03 Å². The van der Waals surface area contributed by atoms with E-state index in [1.165, 1.54) is 7.11 Å². The van der Waals surface area contributed by atoms with Gasteiger partial charge in [0.15, 0.2) is 0 Å². The van der Waals surface area contributed by atoms with Gasteiger partial charge in [0.25, 0.3) is 0 Å². The van der Waals surface area contributed by atoms with Crippen LogP contribution in [0.3, 0.4) is 0 Å². The van der Waals surface area contributed by atoms with Crippen molar-refractivity contribution in [2.45, 2.75) is 25.8 Å². The van der Waals surface area contributed by atoms with E-state index in [9.17, 15) is 9.59 Å². The maximum absolute atomic E-state index is 12.8. The number of likely N-dealkylation sites (tertiary alicyclic amines) is 1. The van der Waals surface area contributed by atoms with Gasteiger partial charge in [-0.05, 0) is 50.1 Å². The summed E-state index contributed by atoms with van der Waals surface area (Å²) < 4.78 is 5.26. The lowest BCUT2D eigenvalue weighted by Crippen LogP contribution is -2.45. The van der Waals surface area contributed by atoms with Gasteiger partial charge in [-0.2, -0.15) is 0 Å². The van der Waals surface area contributed by atoms with Crippen molar-refractivity contribution in [3.8, 4) is 5.75 Å². The second-order valence-electron chi connectivity index (χ2n) is 6.48. The van der Waals surface area contributed by atoms with Crippen LogP contribution in [0.2, 0.25) is 5.02 Å². The van der Waals surface area contributed by atoms with Gasteiger partial charge in [-0.1, -0.05) is 29.3 Å². The molecule has 142 valence electrons. The molecule has 1 fully saturated rings. The van der Waals surface area contributed by atoms with E-state index in [1.54, 1.807) is 23.1 Å². The molecule has 2 aromatic carbocycles. The highest BCUT2D eigenvalue weighted by Gasteiger charge is 2.34. The number of benzene rings is 2. The van der Waals surface area contributed by atoms with Crippen LogP contribution in [-0.2, 0) is 4.79 Å². The van der Waals surface area contributed by atoms with Crippen molar-refractivity contribution in [3.05, 3.63) is 53.1 Å². The fourth-order valence-corrected chi connectivity index (χ4v) is 3.28. The van der Waals surface area contributed by atoms with Crippen LogP contribution in [0.25, 0.3) is 0 Å². The molecule has 0 spiro atoms. The van der Waals surface area contributed by atoms with Gasteiger partial charge in [-0.25, -0.2) is 4.79 Å². The molecule has 1 aliphatic rings. The normalized spacial score (nSPS) is 16.1. The van der Waals surface area contributed by atoms with Gasteiger partial charge in [0, 0.05) is 17.3 Å². The molecule has 2 N–H and O–H groups in total. The Bertz CT molecular complexity index is 839. The summed E-state index contributed by atoms with van der Waals surface area (Å²) in [6, 6.07) is 11.7. The third kappa shape index (κ3) is 4.52. The minimum Gasteiger partial charge on any atom is -0.495 e. The summed E-state index contributed by atoms with van der Waals surface area (Å²) in [6.45, 7) is 2.51. The van der Waals surface area contributed by atoms with Crippen LogP contribution in [0.5, 0.6) is 5.75 Å². The van der Waals surface area contributed by atoms with Gasteiger partial charge in [0.1, 0.15) is 11.8 Å². The number of urea groups is 1. The van der Waals surface area contributed by atoms with E-state index in [1.807, 2.05) is 31.2 Å². The fraction of sp³-hybridized carbons (Fsp3) is 0.300. The Morgan fingerprint density at radius 3 is 2.59 bits per heavy atom. The lowest BCUT2D eigenvalue weighted by Gasteiger charge is -2.24. The number of nitrogens with one attached hydrogen (secondary N) is 2. The number of carbonyl (C=O) groups is 2. The van der Waals surface area contributed by atoms with Gasteiger partial charge in [-0.3, -0.25) is 4.79 Å². The second-order valence-corrected chi connectivity index (χ2v) is 6.92. The molecule has 3 amide bonds. The van der Waals surface area contributed by atoms with Crippen LogP contribution in [0.4, 0.5) is 16.2 Å². The smallest absolute Gasteiger partial charge is 0.322 e. The molecule has 1 saturated heterocycles. The largest absolute Gasteiger partial charge is 0.495 e. The predicted octanol–water partition coefficient (Wildman–Crippen LogP) is 4.29. The van der Waals surface area contributed by atoms with E-state index in [-0.39, 0.29) is 11.9 Å². The number of halogens is 1. The molecular weight excluding hydrogens is 366 g/mol. The summed E-state index contributed by atoms with van der Waals surface area (Å²) in [5, 5.41) is 6.18. The van der Waals surface area contributed by atoms with Gasteiger partial charge in [0.05, 0.1) is 12.8 Å². The molecule has 27 heavy (non-hydrogen) atoms. The van der Waals surface area contributed by atoms with Crippen molar-refractivity contribution >= 4 is 34.9 Å². The van der Waals surface area contributed by atoms with Crippen molar-refractivity contribution < 1.29 is 14.3 Å². The maximum Gasteiger partial charge on any atom is 0.322 e. The molecule has 6 nitrogen and oxygen atoms in total. The number of hydrogen-bond acceptors (Lipinski definition) is 3. The zero-order valence-corrected chi connectivity index (χ0v) is 16.0. The molecule has 1 heterocycles. The summed E-state index contributed by atoms with van der Waals surface area (Å²) in [5.74, 6) is 0.258. The van der Waals surface area contributed by atoms with Crippen LogP contribution in [0.1, 0.15) is 18.4 Å². The van der Waals surface area contributed by atoms with Crippen LogP contribution in [-0.4, -0.2) is 36.5 Å². The minimum absolute atomic E-state index is 0.257. The molecule has 0 bridgehead atoms. The summed E-state index contributed by atoms with van der Waals surface area (Å²) in [5.41, 5.74) is 2.30. The molecule has 3 rings (SSSR count). The number of methoxy groups -OCH3 is 1. The third-order valence-corrected chi connectivity index (χ3v) is 4.77. The Morgan fingerprint density at radius 2 is 1.89 bits per heavy atom. The Kier molecular flexibility index (Phi) is 5.86. The Labute approximate surface area is 163 Å². The molecule has 2 aromatic rings. The highest BCUT2D eigenvalue weighted by molar-refractivity contribution is 6.31. The van der Waals surface area contributed by atoms with Gasteiger partial charge in [-0.15, -0.1) is 0 Å². The zero-order valence-electron chi connectivity index (χ0n) is 15.3. The van der Waals surface area contributed by atoms with E-state index in [0.29, 0.717) is 35.1 Å². The number of anilines is 2. The summed E-state index contributed by atoms with van der Waals surface area (Å²) in [7, 11) is 1.52. The second kappa shape index (κ2) is 8.31. The van der Waals surface area contributed by atoms with Crippen molar-refractivity contribution in [3.63, 3.8) is 0 Å². The first-order valence-electron chi connectivity index (χ1n) is 8.76. The highest BCUT2D eigenvalue weighted by Crippen LogP contribution is 2.29. The lowest BCUT2D eigenvalue weighted by atomic mass is 10.2. The standard InChI is InChI=1S/C20H22ClN3O3/c1-13-5-8-15(9-6-13)22-20(26)24-11-3-4-17(24)19(25)23-16-12-14(21)7-10-18(16)27-2/h5-10,12,17H,3-4,11H2,1-2H3,(H,22,26)(H,23,25). The quantitative estimate of drug-likeness (QED) is 0.822. The number of nitrogens with zero attached hydrogens (tertiary/aromatic N) is 1. The summed E-state index contributed by atoms with van der Waals surface area (Å²) in [4.78, 5) is 27.0. The highest BCUT2D eigenvalue weighted by atomic mass is 35.5. The molecule has 0 aromatic heterocycles. The molecule has 0 saturated carbocycles. The zero-order chi connectivity index (χ0) is 19.4. The van der Waals surface area contributed by atoms with E-state index in [2.05, 4.69) is 10.6 Å². The fourth-order valence-electron chi connectivity index (χ4n) is 3.11. The van der Waals surface area contributed by atoms with Gasteiger partial charge in [0.2, 0.25) is 5.91 Å². The van der Waals surface area contributed by atoms with Crippen LogP contribution < -0.4 is 15.4 Å². The Hall–Kier alpha value is -2.73. The average molecular weight is 388 g/mol. The van der Waals surface area contributed by atoms with E-state index in [4.69, 9.17) is 16.3 Å². The van der Waals surface area contributed by atoms with Crippen LogP contribution in [0.15, 0.2) is 42.5 Å². The number of amides is 3. The van der Waals surface area contributed by atoms with Crippen molar-refractivity contribution in [2.75, 3.05) is 24.3 Å². The summed E-state index contributed by atoms with van der Waals surface area (Å²) in [6.07, 6.45) is 1.38. The van der Waals surface area contributed by atoms with Crippen molar-refractivity contribution in [1.82, 2.24) is 4.90 Å². The topological polar surface area (TPSA) is 70.7 Å². The Morgan fingerprint density at radius 1 is 1.15 bits per heavy atom. The van der Waals surface area contributed by atoms with Crippen molar-refractivity contribution in [2.24, 2.45) is 0 Å². The first-order chi connectivity index (χ1) is 13.0. The number of rotatable bonds is 4. The number of carbonyl (C=O) groups excluding carboxylic acids is 2. The van der Waals surface area contributed by atoms with Gasteiger partial charge < -0.3 is 20.3 Å².